The van der Waals surface area contributed by atoms with Crippen LogP contribution in [0.15, 0.2) is 59.0 Å². The van der Waals surface area contributed by atoms with Crippen LogP contribution < -0.4 is 4.74 Å². The maximum absolute atomic E-state index is 13.9. The lowest BCUT2D eigenvalue weighted by atomic mass is 9.97. The van der Waals surface area contributed by atoms with E-state index < -0.39 is 30.3 Å². The van der Waals surface area contributed by atoms with E-state index in [-0.39, 0.29) is 24.2 Å². The molecule has 3 aromatic rings. The molecule has 0 saturated heterocycles. The fraction of sp³-hybridized carbons (Fsp3) is 0.452. The normalized spacial score (nSPS) is 19.6. The van der Waals surface area contributed by atoms with Gasteiger partial charge in [0.2, 0.25) is 0 Å². The van der Waals surface area contributed by atoms with Crippen molar-refractivity contribution in [2.75, 3.05) is 0 Å². The Morgan fingerprint density at radius 1 is 1.05 bits per heavy atom. The number of carbonyl (C=O) groups excluding carboxylic acids is 1. The largest absolute Gasteiger partial charge is 0.489 e. The summed E-state index contributed by atoms with van der Waals surface area (Å²) < 4.78 is 58.9. The van der Waals surface area contributed by atoms with Crippen molar-refractivity contribution in [2.45, 2.75) is 84.1 Å². The predicted molar refractivity (Wildman–Crippen MR) is 142 cm³/mol. The standard InChI is InChI=1S/C31H35F3O4/c1-5-7-8-9-20-10-13-24(21(6-2)16-20)28-17-22-11-12-23(18-27(22)37-28)36-25-14-15-26(29(25)31(32,33)34)38-30(35)19(3)4/h10-13,16-18,25-26,29H,3,5-9,14-15H2,1-2,4H3. The number of alkyl halides is 3. The molecule has 4 rings (SSSR count). The highest BCUT2D eigenvalue weighted by molar-refractivity contribution is 5.87. The summed E-state index contributed by atoms with van der Waals surface area (Å²) in [5.74, 6) is -1.74. The highest BCUT2D eigenvalue weighted by Crippen LogP contribution is 2.43. The lowest BCUT2D eigenvalue weighted by molar-refractivity contribution is -0.215. The number of hydrogen-bond acceptors (Lipinski definition) is 4. The number of hydrogen-bond donors (Lipinski definition) is 0. The first kappa shape index (κ1) is 27.8. The Bertz CT molecular complexity index is 1290. The van der Waals surface area contributed by atoms with Crippen LogP contribution in [0, 0.1) is 5.92 Å². The van der Waals surface area contributed by atoms with Crippen LogP contribution in [0.25, 0.3) is 22.3 Å². The molecule has 3 unspecified atom stereocenters. The molecule has 1 saturated carbocycles. The van der Waals surface area contributed by atoms with Gasteiger partial charge in [0.25, 0.3) is 0 Å². The Labute approximate surface area is 221 Å². The van der Waals surface area contributed by atoms with Crippen molar-refractivity contribution in [1.82, 2.24) is 0 Å². The third-order valence-electron chi connectivity index (χ3n) is 7.19. The SMILES string of the molecule is C=C(C)C(=O)OC1CCC(Oc2ccc3cc(-c4ccc(CCCCC)cc4CC)oc3c2)C1C(F)(F)F. The number of furan rings is 1. The monoisotopic (exact) mass is 528 g/mol. The fourth-order valence-electron chi connectivity index (χ4n) is 5.16. The third-order valence-corrected chi connectivity index (χ3v) is 7.19. The minimum atomic E-state index is -4.58. The van der Waals surface area contributed by atoms with E-state index in [4.69, 9.17) is 13.9 Å². The first-order valence-electron chi connectivity index (χ1n) is 13.4. The summed E-state index contributed by atoms with van der Waals surface area (Å²) in [6.45, 7) is 9.17. The maximum atomic E-state index is 13.9. The first-order chi connectivity index (χ1) is 18.1. The average molecular weight is 529 g/mol. The molecule has 1 aromatic heterocycles. The minimum Gasteiger partial charge on any atom is -0.489 e. The zero-order valence-electron chi connectivity index (χ0n) is 22.2. The van der Waals surface area contributed by atoms with Crippen LogP contribution in [0.5, 0.6) is 5.75 Å². The molecule has 7 heteroatoms. The van der Waals surface area contributed by atoms with Gasteiger partial charge in [-0.05, 0) is 68.4 Å². The molecule has 0 N–H and O–H groups in total. The van der Waals surface area contributed by atoms with E-state index in [2.05, 4.69) is 38.6 Å². The molecule has 1 fully saturated rings. The number of esters is 1. The number of halogens is 3. The van der Waals surface area contributed by atoms with Gasteiger partial charge in [-0.25, -0.2) is 4.79 Å². The quantitative estimate of drug-likeness (QED) is 0.150. The van der Waals surface area contributed by atoms with Crippen LogP contribution in [0.2, 0.25) is 0 Å². The van der Waals surface area contributed by atoms with E-state index in [1.807, 2.05) is 6.07 Å². The van der Waals surface area contributed by atoms with Gasteiger partial charge in [-0.15, -0.1) is 0 Å². The summed E-state index contributed by atoms with van der Waals surface area (Å²) in [6, 6.07) is 13.5. The molecule has 0 bridgehead atoms. The Morgan fingerprint density at radius 3 is 2.50 bits per heavy atom. The van der Waals surface area contributed by atoms with Gasteiger partial charge in [-0.1, -0.05) is 51.5 Å². The van der Waals surface area contributed by atoms with E-state index in [0.29, 0.717) is 5.58 Å². The Kier molecular flexibility index (Phi) is 8.54. The summed E-state index contributed by atoms with van der Waals surface area (Å²) in [5, 5.41) is 0.841. The number of carbonyl (C=O) groups is 1. The van der Waals surface area contributed by atoms with Crippen molar-refractivity contribution in [3.63, 3.8) is 0 Å². The van der Waals surface area contributed by atoms with Crippen LogP contribution >= 0.6 is 0 Å². The van der Waals surface area contributed by atoms with Gasteiger partial charge < -0.3 is 13.9 Å². The second-order valence-corrected chi connectivity index (χ2v) is 10.1. The zero-order chi connectivity index (χ0) is 27.4. The highest BCUT2D eigenvalue weighted by atomic mass is 19.4. The molecule has 38 heavy (non-hydrogen) atoms. The van der Waals surface area contributed by atoms with Gasteiger partial charge in [0.15, 0.2) is 0 Å². The molecule has 0 aliphatic heterocycles. The van der Waals surface area contributed by atoms with Crippen molar-refractivity contribution in [3.05, 3.63) is 65.7 Å². The van der Waals surface area contributed by atoms with Crippen LogP contribution in [0.1, 0.15) is 64.0 Å². The molecule has 0 amide bonds. The molecular weight excluding hydrogens is 493 g/mol. The molecule has 2 aromatic carbocycles. The van der Waals surface area contributed by atoms with Gasteiger partial charge in [0.05, 0.1) is 0 Å². The summed E-state index contributed by atoms with van der Waals surface area (Å²) in [5.41, 5.74) is 4.13. The lowest BCUT2D eigenvalue weighted by Gasteiger charge is -2.27. The predicted octanol–water partition coefficient (Wildman–Crippen LogP) is 8.60. The second-order valence-electron chi connectivity index (χ2n) is 10.1. The number of benzene rings is 2. The molecule has 204 valence electrons. The summed E-state index contributed by atoms with van der Waals surface area (Å²) >= 11 is 0. The second kappa shape index (κ2) is 11.7. The smallest absolute Gasteiger partial charge is 0.398 e. The first-order valence-corrected chi connectivity index (χ1v) is 13.4. The van der Waals surface area contributed by atoms with Crippen molar-refractivity contribution in [3.8, 4) is 17.1 Å². The van der Waals surface area contributed by atoms with Crippen molar-refractivity contribution < 1.29 is 31.9 Å². The molecular formula is C31H35F3O4. The van der Waals surface area contributed by atoms with Crippen molar-refractivity contribution in [1.29, 1.82) is 0 Å². The summed E-state index contributed by atoms with van der Waals surface area (Å²) in [4.78, 5) is 11.9. The lowest BCUT2D eigenvalue weighted by Crippen LogP contribution is -2.41. The highest BCUT2D eigenvalue weighted by Gasteiger charge is 2.55. The number of rotatable bonds is 10. The molecule has 0 radical (unpaired) electrons. The van der Waals surface area contributed by atoms with E-state index in [0.717, 1.165) is 29.6 Å². The molecule has 0 spiro atoms. The molecule has 1 heterocycles. The topological polar surface area (TPSA) is 48.7 Å². The Morgan fingerprint density at radius 2 is 1.82 bits per heavy atom. The van der Waals surface area contributed by atoms with Crippen molar-refractivity contribution >= 4 is 16.9 Å². The Hall–Kier alpha value is -3.22. The third kappa shape index (κ3) is 6.25. The van der Waals surface area contributed by atoms with Crippen molar-refractivity contribution in [2.24, 2.45) is 5.92 Å². The maximum Gasteiger partial charge on any atom is 0.398 e. The summed E-state index contributed by atoms with van der Waals surface area (Å²) in [7, 11) is 0. The van der Waals surface area contributed by atoms with Crippen LogP contribution in [0.4, 0.5) is 13.2 Å². The van der Waals surface area contributed by atoms with Crippen LogP contribution in [0.3, 0.4) is 0 Å². The molecule has 1 aliphatic rings. The van der Waals surface area contributed by atoms with Gasteiger partial charge in [-0.2, -0.15) is 13.2 Å². The zero-order valence-corrected chi connectivity index (χ0v) is 22.2. The molecule has 4 nitrogen and oxygen atoms in total. The van der Waals surface area contributed by atoms with Gasteiger partial charge >= 0.3 is 12.1 Å². The van der Waals surface area contributed by atoms with E-state index in [1.54, 1.807) is 18.2 Å². The number of fused-ring (bicyclic) bond motifs is 1. The van der Waals surface area contributed by atoms with Gasteiger partial charge in [0, 0.05) is 22.6 Å². The number of aryl methyl sites for hydroxylation is 2. The number of unbranched alkanes of at least 4 members (excludes halogenated alkanes) is 2. The number of ether oxygens (including phenoxy) is 2. The van der Waals surface area contributed by atoms with Crippen LogP contribution in [-0.2, 0) is 22.4 Å². The fourth-order valence-corrected chi connectivity index (χ4v) is 5.16. The van der Waals surface area contributed by atoms with Gasteiger partial charge in [-0.3, -0.25) is 0 Å². The molecule has 1 aliphatic carbocycles. The Balaban J connectivity index is 1.54. The van der Waals surface area contributed by atoms with Gasteiger partial charge in [0.1, 0.15) is 35.2 Å². The summed E-state index contributed by atoms with van der Waals surface area (Å²) in [6.07, 6.45) is -1.40. The van der Waals surface area contributed by atoms with E-state index in [9.17, 15) is 18.0 Å². The molecule has 3 atom stereocenters. The van der Waals surface area contributed by atoms with E-state index in [1.165, 1.54) is 37.3 Å². The average Bonchev–Trinajstić information content (AvgIpc) is 3.47. The van der Waals surface area contributed by atoms with Crippen LogP contribution in [-0.4, -0.2) is 24.4 Å². The van der Waals surface area contributed by atoms with E-state index >= 15 is 0 Å². The minimum absolute atomic E-state index is 0.0618.